The first-order chi connectivity index (χ1) is 14.8. The van der Waals surface area contributed by atoms with Crippen molar-refractivity contribution in [3.05, 3.63) is 47.8 Å². The van der Waals surface area contributed by atoms with Gasteiger partial charge in [0.1, 0.15) is 5.82 Å². The fourth-order valence-corrected chi connectivity index (χ4v) is 5.51. The van der Waals surface area contributed by atoms with E-state index in [0.29, 0.717) is 23.0 Å². The molecular weight excluding hydrogens is 428 g/mol. The highest BCUT2D eigenvalue weighted by molar-refractivity contribution is 7.99. The Balaban J connectivity index is 1.50. The molecule has 1 fully saturated rings. The number of piperidine rings is 1. The van der Waals surface area contributed by atoms with Gasteiger partial charge >= 0.3 is 6.18 Å². The molecule has 0 spiro atoms. The van der Waals surface area contributed by atoms with Crippen molar-refractivity contribution in [3.8, 4) is 0 Å². The fraction of sp³-hybridized carbons (Fsp3) is 0.478. The van der Waals surface area contributed by atoms with Gasteiger partial charge in [-0.25, -0.2) is 4.39 Å². The molecule has 0 radical (unpaired) electrons. The van der Waals surface area contributed by atoms with E-state index in [2.05, 4.69) is 4.90 Å². The van der Waals surface area contributed by atoms with E-state index in [1.807, 2.05) is 4.90 Å². The zero-order chi connectivity index (χ0) is 22.0. The summed E-state index contributed by atoms with van der Waals surface area (Å²) in [6.07, 6.45) is -0.623. The predicted octanol–water partition coefficient (Wildman–Crippen LogP) is 5.93. The molecule has 2 aliphatic rings. The maximum absolute atomic E-state index is 13.8. The second-order valence-corrected chi connectivity index (χ2v) is 9.28. The van der Waals surface area contributed by atoms with Crippen LogP contribution in [0.1, 0.15) is 31.2 Å². The van der Waals surface area contributed by atoms with Crippen LogP contribution in [-0.4, -0.2) is 42.8 Å². The van der Waals surface area contributed by atoms with E-state index in [4.69, 9.17) is 5.11 Å². The quantitative estimate of drug-likeness (QED) is 0.547. The molecule has 2 aromatic rings. The minimum Gasteiger partial charge on any atom is -0.396 e. The van der Waals surface area contributed by atoms with Gasteiger partial charge in [-0.05, 0) is 87.6 Å². The third kappa shape index (κ3) is 5.18. The number of aliphatic hydroxyl groups excluding tert-OH is 1. The van der Waals surface area contributed by atoms with Crippen molar-refractivity contribution in [2.45, 2.75) is 41.7 Å². The van der Waals surface area contributed by atoms with Crippen LogP contribution in [0.25, 0.3) is 0 Å². The molecule has 31 heavy (non-hydrogen) atoms. The number of hydrogen-bond acceptors (Lipinski definition) is 4. The monoisotopic (exact) mass is 454 g/mol. The number of rotatable bonds is 6. The van der Waals surface area contributed by atoms with Crippen molar-refractivity contribution < 1.29 is 22.7 Å². The highest BCUT2D eigenvalue weighted by Gasteiger charge is 2.33. The molecular formula is C23H26F4N2OS. The summed E-state index contributed by atoms with van der Waals surface area (Å²) in [5.41, 5.74) is 0.605. The maximum atomic E-state index is 13.8. The zero-order valence-corrected chi connectivity index (χ0v) is 18.0. The normalized spacial score (nSPS) is 17.5. The van der Waals surface area contributed by atoms with E-state index in [-0.39, 0.29) is 12.4 Å². The number of aliphatic hydroxyl groups is 1. The average molecular weight is 455 g/mol. The Labute approximate surface area is 184 Å². The third-order valence-corrected chi connectivity index (χ3v) is 7.22. The first kappa shape index (κ1) is 22.4. The lowest BCUT2D eigenvalue weighted by molar-refractivity contribution is -0.137. The van der Waals surface area contributed by atoms with Gasteiger partial charge in [0.25, 0.3) is 0 Å². The molecule has 1 saturated heterocycles. The zero-order valence-electron chi connectivity index (χ0n) is 17.2. The summed E-state index contributed by atoms with van der Waals surface area (Å²) in [4.78, 5) is 5.70. The number of alkyl halides is 3. The second kappa shape index (κ2) is 9.38. The van der Waals surface area contributed by atoms with E-state index in [9.17, 15) is 17.6 Å². The Hall–Kier alpha value is -1.77. The van der Waals surface area contributed by atoms with E-state index in [1.165, 1.54) is 36.0 Å². The lowest BCUT2D eigenvalue weighted by atomic mass is 9.94. The Morgan fingerprint density at radius 1 is 0.968 bits per heavy atom. The van der Waals surface area contributed by atoms with Crippen molar-refractivity contribution in [2.75, 3.05) is 37.7 Å². The van der Waals surface area contributed by atoms with E-state index < -0.39 is 11.7 Å². The Morgan fingerprint density at radius 3 is 2.45 bits per heavy atom. The summed E-state index contributed by atoms with van der Waals surface area (Å²) in [5, 5.41) is 9.10. The van der Waals surface area contributed by atoms with Gasteiger partial charge in [0.15, 0.2) is 0 Å². The van der Waals surface area contributed by atoms with Gasteiger partial charge in [0, 0.05) is 22.9 Å². The van der Waals surface area contributed by atoms with Crippen molar-refractivity contribution in [2.24, 2.45) is 5.92 Å². The van der Waals surface area contributed by atoms with E-state index in [0.717, 1.165) is 62.0 Å². The van der Waals surface area contributed by atoms with E-state index >= 15 is 0 Å². The number of benzene rings is 2. The molecule has 0 aromatic heterocycles. The molecule has 8 heteroatoms. The van der Waals surface area contributed by atoms with Gasteiger partial charge in [0.2, 0.25) is 0 Å². The molecule has 0 bridgehead atoms. The summed E-state index contributed by atoms with van der Waals surface area (Å²) >= 11 is 1.31. The van der Waals surface area contributed by atoms with Crippen molar-refractivity contribution in [1.29, 1.82) is 0 Å². The van der Waals surface area contributed by atoms with Crippen LogP contribution in [0.15, 0.2) is 46.2 Å². The predicted molar refractivity (Wildman–Crippen MR) is 114 cm³/mol. The topological polar surface area (TPSA) is 26.7 Å². The number of anilines is 2. The Bertz CT molecular complexity index is 913. The molecule has 3 nitrogen and oxygen atoms in total. The smallest absolute Gasteiger partial charge is 0.396 e. The number of hydrogen-bond donors (Lipinski definition) is 1. The standard InChI is InChI=1S/C23H26F4N2OS/c24-18-3-4-19-22(15-18)31-21-5-2-17(23(25,26)27)14-20(21)29(19)10-1-9-28-11-6-16(7-12-28)8-13-30/h2-5,14-16,30H,1,6-13H2. The fourth-order valence-electron chi connectivity index (χ4n) is 4.41. The number of fused-ring (bicyclic) bond motifs is 2. The Morgan fingerprint density at radius 2 is 1.74 bits per heavy atom. The summed E-state index contributed by atoms with van der Waals surface area (Å²) in [7, 11) is 0. The van der Waals surface area contributed by atoms with Crippen LogP contribution >= 0.6 is 11.8 Å². The molecule has 0 amide bonds. The van der Waals surface area contributed by atoms with Gasteiger partial charge in [-0.1, -0.05) is 11.8 Å². The van der Waals surface area contributed by atoms with Crippen LogP contribution < -0.4 is 4.90 Å². The lowest BCUT2D eigenvalue weighted by Crippen LogP contribution is -2.36. The van der Waals surface area contributed by atoms with Crippen LogP contribution in [-0.2, 0) is 6.18 Å². The summed E-state index contributed by atoms with van der Waals surface area (Å²) < 4.78 is 53.8. The molecule has 0 saturated carbocycles. The van der Waals surface area contributed by atoms with Crippen LogP contribution in [0.4, 0.5) is 28.9 Å². The number of halogens is 4. The maximum Gasteiger partial charge on any atom is 0.416 e. The van der Waals surface area contributed by atoms with Gasteiger partial charge < -0.3 is 14.9 Å². The molecule has 2 aromatic carbocycles. The summed E-state index contributed by atoms with van der Waals surface area (Å²) in [6.45, 7) is 3.62. The molecule has 168 valence electrons. The van der Waals surface area contributed by atoms with Crippen molar-refractivity contribution >= 4 is 23.1 Å². The Kier molecular flexibility index (Phi) is 6.79. The minimum atomic E-state index is -4.41. The molecule has 2 heterocycles. The van der Waals surface area contributed by atoms with Crippen molar-refractivity contribution in [3.63, 3.8) is 0 Å². The third-order valence-electron chi connectivity index (χ3n) is 6.11. The number of nitrogens with zero attached hydrogens (tertiary/aromatic N) is 2. The largest absolute Gasteiger partial charge is 0.416 e. The SMILES string of the molecule is OCCC1CCN(CCCN2c3ccc(F)cc3Sc3ccc(C(F)(F)F)cc32)CC1. The molecule has 1 N–H and O–H groups in total. The van der Waals surface area contributed by atoms with Crippen molar-refractivity contribution in [1.82, 2.24) is 4.90 Å². The average Bonchev–Trinajstić information content (AvgIpc) is 2.73. The van der Waals surface area contributed by atoms with Gasteiger partial charge in [0.05, 0.1) is 16.9 Å². The highest BCUT2D eigenvalue weighted by atomic mass is 32.2. The molecule has 0 atom stereocenters. The van der Waals surface area contributed by atoms with E-state index in [1.54, 1.807) is 6.07 Å². The molecule has 0 unspecified atom stereocenters. The van der Waals surface area contributed by atoms with Gasteiger partial charge in [-0.15, -0.1) is 0 Å². The molecule has 0 aliphatic carbocycles. The lowest BCUT2D eigenvalue weighted by Gasteiger charge is -2.35. The second-order valence-electron chi connectivity index (χ2n) is 8.20. The summed E-state index contributed by atoms with van der Waals surface area (Å²) in [5.74, 6) is 0.224. The molecule has 2 aliphatic heterocycles. The molecule has 4 rings (SSSR count). The summed E-state index contributed by atoms with van der Waals surface area (Å²) in [6, 6.07) is 8.23. The van der Waals surface area contributed by atoms with Crippen LogP contribution in [0.3, 0.4) is 0 Å². The number of likely N-dealkylation sites (tertiary alicyclic amines) is 1. The first-order valence-electron chi connectivity index (χ1n) is 10.6. The van der Waals surface area contributed by atoms with Gasteiger partial charge in [-0.3, -0.25) is 0 Å². The minimum absolute atomic E-state index is 0.233. The van der Waals surface area contributed by atoms with Crippen LogP contribution in [0.2, 0.25) is 0 Å². The van der Waals surface area contributed by atoms with Crippen LogP contribution in [0.5, 0.6) is 0 Å². The van der Waals surface area contributed by atoms with Crippen LogP contribution in [0, 0.1) is 11.7 Å². The van der Waals surface area contributed by atoms with Gasteiger partial charge in [-0.2, -0.15) is 13.2 Å². The first-order valence-corrected chi connectivity index (χ1v) is 11.5. The highest BCUT2D eigenvalue weighted by Crippen LogP contribution is 2.49.